The van der Waals surface area contributed by atoms with E-state index in [0.29, 0.717) is 20.8 Å². The molecule has 0 unspecified atom stereocenters. The minimum Gasteiger partial charge on any atom is -0.275 e. The van der Waals surface area contributed by atoms with Crippen molar-refractivity contribution in [2.75, 3.05) is 5.43 Å². The second kappa shape index (κ2) is 6.05. The highest BCUT2D eigenvalue weighted by Crippen LogP contribution is 2.33. The van der Waals surface area contributed by atoms with Gasteiger partial charge in [-0.15, -0.1) is 0 Å². The molecule has 0 radical (unpaired) electrons. The number of nitrogens with one attached hydrogen (secondary N) is 1. The van der Waals surface area contributed by atoms with Crippen LogP contribution in [0.2, 0.25) is 15.1 Å². The van der Waals surface area contributed by atoms with E-state index >= 15 is 0 Å². The Morgan fingerprint density at radius 1 is 1.06 bits per heavy atom. The number of aromatic nitrogens is 1. The second-order valence-electron chi connectivity index (χ2n) is 3.39. The Balaban J connectivity index is 2.14. The number of halogens is 3. The number of hydrogen-bond donors (Lipinski definition) is 1. The molecule has 1 aromatic carbocycles. The molecule has 3 nitrogen and oxygen atoms in total. The summed E-state index contributed by atoms with van der Waals surface area (Å²) in [6, 6.07) is 6.85. The van der Waals surface area contributed by atoms with E-state index in [9.17, 15) is 0 Å². The van der Waals surface area contributed by atoms with Crippen LogP contribution in [0.5, 0.6) is 0 Å². The first-order valence-electron chi connectivity index (χ1n) is 5.00. The fourth-order valence-corrected chi connectivity index (χ4v) is 2.17. The fraction of sp³-hybridized carbons (Fsp3) is 0. The van der Waals surface area contributed by atoms with Crippen LogP contribution in [0, 0.1) is 0 Å². The molecule has 0 saturated heterocycles. The Bertz CT molecular complexity index is 547. The predicted molar refractivity (Wildman–Crippen MR) is 76.9 cm³/mol. The average Bonchev–Trinajstić information content (AvgIpc) is 2.34. The standard InChI is InChI=1S/C12H8Cl3N3/c13-9-5-10(14)12(11(15)6-9)18-17-7-8-1-3-16-4-2-8/h1-7,18H. The molecule has 0 atom stereocenters. The van der Waals surface area contributed by atoms with Crippen molar-refractivity contribution in [1.29, 1.82) is 0 Å². The molecule has 2 rings (SSSR count). The molecule has 0 bridgehead atoms. The lowest BCUT2D eigenvalue weighted by molar-refractivity contribution is 1.31. The molecule has 0 aliphatic carbocycles. The van der Waals surface area contributed by atoms with Crippen molar-refractivity contribution in [3.05, 3.63) is 57.3 Å². The first-order valence-corrected chi connectivity index (χ1v) is 6.14. The zero-order valence-electron chi connectivity index (χ0n) is 9.07. The molecule has 1 heterocycles. The van der Waals surface area contributed by atoms with Crippen LogP contribution in [0.1, 0.15) is 5.56 Å². The van der Waals surface area contributed by atoms with Crippen LogP contribution in [-0.2, 0) is 0 Å². The molecule has 1 N–H and O–H groups in total. The van der Waals surface area contributed by atoms with Gasteiger partial charge < -0.3 is 0 Å². The molecule has 6 heteroatoms. The highest BCUT2D eigenvalue weighted by molar-refractivity contribution is 6.41. The van der Waals surface area contributed by atoms with E-state index in [4.69, 9.17) is 34.8 Å². The molecule has 0 fully saturated rings. The summed E-state index contributed by atoms with van der Waals surface area (Å²) in [5, 5.41) is 5.36. The Morgan fingerprint density at radius 3 is 2.28 bits per heavy atom. The summed E-state index contributed by atoms with van der Waals surface area (Å²) in [5.74, 6) is 0. The fourth-order valence-electron chi connectivity index (χ4n) is 1.27. The summed E-state index contributed by atoms with van der Waals surface area (Å²) >= 11 is 17.8. The Kier molecular flexibility index (Phi) is 4.42. The summed E-state index contributed by atoms with van der Waals surface area (Å²) in [4.78, 5) is 3.91. The zero-order valence-corrected chi connectivity index (χ0v) is 11.3. The summed E-state index contributed by atoms with van der Waals surface area (Å²) in [5.41, 5.74) is 4.22. The first kappa shape index (κ1) is 13.1. The molecule has 18 heavy (non-hydrogen) atoms. The van der Waals surface area contributed by atoms with Gasteiger partial charge in [-0.3, -0.25) is 10.4 Å². The molecular weight excluding hydrogens is 293 g/mol. The Morgan fingerprint density at radius 2 is 1.67 bits per heavy atom. The molecule has 2 aromatic rings. The molecule has 0 spiro atoms. The van der Waals surface area contributed by atoms with E-state index in [1.807, 2.05) is 12.1 Å². The van der Waals surface area contributed by atoms with Gasteiger partial charge in [-0.25, -0.2) is 0 Å². The van der Waals surface area contributed by atoms with Crippen LogP contribution < -0.4 is 5.43 Å². The molecule has 0 saturated carbocycles. The van der Waals surface area contributed by atoms with Crippen LogP contribution in [0.25, 0.3) is 0 Å². The maximum atomic E-state index is 6.00. The van der Waals surface area contributed by atoms with Crippen molar-refractivity contribution in [2.45, 2.75) is 0 Å². The van der Waals surface area contributed by atoms with Crippen molar-refractivity contribution in [3.8, 4) is 0 Å². The predicted octanol–water partition coefficient (Wildman–Crippen LogP) is 4.49. The SMILES string of the molecule is Clc1cc(Cl)c(NN=Cc2ccncc2)c(Cl)c1. The van der Waals surface area contributed by atoms with Gasteiger partial charge in [0.05, 0.1) is 21.9 Å². The van der Waals surface area contributed by atoms with Crippen LogP contribution in [0.3, 0.4) is 0 Å². The lowest BCUT2D eigenvalue weighted by Crippen LogP contribution is -1.92. The lowest BCUT2D eigenvalue weighted by atomic mass is 10.3. The van der Waals surface area contributed by atoms with Gasteiger partial charge in [0, 0.05) is 17.4 Å². The van der Waals surface area contributed by atoms with Crippen LogP contribution in [0.15, 0.2) is 41.8 Å². The highest BCUT2D eigenvalue weighted by Gasteiger charge is 2.06. The van der Waals surface area contributed by atoms with E-state index in [0.717, 1.165) is 5.56 Å². The molecule has 92 valence electrons. The minimum absolute atomic E-state index is 0.416. The first-order chi connectivity index (χ1) is 8.66. The van der Waals surface area contributed by atoms with Crippen molar-refractivity contribution in [1.82, 2.24) is 4.98 Å². The largest absolute Gasteiger partial charge is 0.275 e. The van der Waals surface area contributed by atoms with Crippen molar-refractivity contribution in [3.63, 3.8) is 0 Å². The Labute approximate surface area is 119 Å². The number of pyridine rings is 1. The summed E-state index contributed by atoms with van der Waals surface area (Å²) in [6.07, 6.45) is 5.01. The van der Waals surface area contributed by atoms with Crippen LogP contribution in [0.4, 0.5) is 5.69 Å². The van der Waals surface area contributed by atoms with Crippen molar-refractivity contribution < 1.29 is 0 Å². The van der Waals surface area contributed by atoms with Crippen molar-refractivity contribution in [2.24, 2.45) is 5.10 Å². The number of hydrazone groups is 1. The topological polar surface area (TPSA) is 37.3 Å². The van der Waals surface area contributed by atoms with E-state index < -0.39 is 0 Å². The maximum absolute atomic E-state index is 6.00. The van der Waals surface area contributed by atoms with Crippen LogP contribution in [-0.4, -0.2) is 11.2 Å². The average molecular weight is 301 g/mol. The van der Waals surface area contributed by atoms with Gasteiger partial charge in [0.15, 0.2) is 0 Å². The molecule has 0 aliphatic heterocycles. The van der Waals surface area contributed by atoms with Gasteiger partial charge in [-0.1, -0.05) is 34.8 Å². The summed E-state index contributed by atoms with van der Waals surface area (Å²) in [7, 11) is 0. The molecular formula is C12H8Cl3N3. The number of rotatable bonds is 3. The highest BCUT2D eigenvalue weighted by atomic mass is 35.5. The van der Waals surface area contributed by atoms with Gasteiger partial charge in [-0.2, -0.15) is 5.10 Å². The second-order valence-corrected chi connectivity index (χ2v) is 4.65. The van der Waals surface area contributed by atoms with E-state index in [-0.39, 0.29) is 0 Å². The van der Waals surface area contributed by atoms with Crippen molar-refractivity contribution >= 4 is 46.7 Å². The van der Waals surface area contributed by atoms with Gasteiger partial charge in [-0.05, 0) is 29.8 Å². The van der Waals surface area contributed by atoms with Gasteiger partial charge in [0.25, 0.3) is 0 Å². The van der Waals surface area contributed by atoms with Gasteiger partial charge >= 0.3 is 0 Å². The van der Waals surface area contributed by atoms with E-state index in [1.165, 1.54) is 0 Å². The van der Waals surface area contributed by atoms with Gasteiger partial charge in [0.2, 0.25) is 0 Å². The summed E-state index contributed by atoms with van der Waals surface area (Å²) in [6.45, 7) is 0. The monoisotopic (exact) mass is 299 g/mol. The number of nitrogens with zero attached hydrogens (tertiary/aromatic N) is 2. The quantitative estimate of drug-likeness (QED) is 0.670. The third-order valence-electron chi connectivity index (χ3n) is 2.10. The Hall–Kier alpha value is -1.29. The zero-order chi connectivity index (χ0) is 13.0. The number of hydrogen-bond acceptors (Lipinski definition) is 3. The third kappa shape index (κ3) is 3.35. The molecule has 1 aromatic heterocycles. The minimum atomic E-state index is 0.416. The van der Waals surface area contributed by atoms with Gasteiger partial charge in [0.1, 0.15) is 0 Å². The van der Waals surface area contributed by atoms with E-state index in [2.05, 4.69) is 15.5 Å². The number of anilines is 1. The third-order valence-corrected chi connectivity index (χ3v) is 2.92. The summed E-state index contributed by atoms with van der Waals surface area (Å²) < 4.78 is 0. The van der Waals surface area contributed by atoms with Crippen LogP contribution >= 0.6 is 34.8 Å². The normalized spacial score (nSPS) is 10.8. The van der Waals surface area contributed by atoms with E-state index in [1.54, 1.807) is 30.7 Å². The maximum Gasteiger partial charge on any atom is 0.0935 e. The number of benzene rings is 1. The molecule has 0 amide bonds. The lowest BCUT2D eigenvalue weighted by Gasteiger charge is -2.06. The smallest absolute Gasteiger partial charge is 0.0935 e. The molecule has 0 aliphatic rings.